The number of halogens is 1. The summed E-state index contributed by atoms with van der Waals surface area (Å²) >= 11 is 5.66. The van der Waals surface area contributed by atoms with Gasteiger partial charge < -0.3 is 4.98 Å². The molecule has 112 valence electrons. The third-order valence-electron chi connectivity index (χ3n) is 3.00. The van der Waals surface area contributed by atoms with Crippen LogP contribution >= 0.6 is 11.6 Å². The van der Waals surface area contributed by atoms with Gasteiger partial charge in [0.05, 0.1) is 4.90 Å². The van der Waals surface area contributed by atoms with Gasteiger partial charge >= 0.3 is 0 Å². The zero-order valence-corrected chi connectivity index (χ0v) is 12.9. The molecule has 21 heavy (non-hydrogen) atoms. The molecule has 0 aliphatic heterocycles. The molecule has 0 bridgehead atoms. The zero-order chi connectivity index (χ0) is 15.5. The van der Waals surface area contributed by atoms with Crippen molar-refractivity contribution in [2.45, 2.75) is 11.3 Å². The Morgan fingerprint density at radius 1 is 1.33 bits per heavy atom. The number of sulfonamides is 1. The van der Waals surface area contributed by atoms with E-state index < -0.39 is 15.6 Å². The van der Waals surface area contributed by atoms with E-state index in [0.717, 1.165) is 17.8 Å². The summed E-state index contributed by atoms with van der Waals surface area (Å²) in [7, 11) is -2.20. The third-order valence-corrected chi connectivity index (χ3v) is 5.12. The molecule has 0 fully saturated rings. The van der Waals surface area contributed by atoms with Gasteiger partial charge in [0.15, 0.2) is 0 Å². The maximum absolute atomic E-state index is 12.3. The fourth-order valence-corrected chi connectivity index (χ4v) is 3.13. The zero-order valence-electron chi connectivity index (χ0n) is 11.3. The van der Waals surface area contributed by atoms with Crippen LogP contribution in [0.5, 0.6) is 0 Å². The van der Waals surface area contributed by atoms with Crippen LogP contribution in [0, 0.1) is 0 Å². The van der Waals surface area contributed by atoms with E-state index >= 15 is 0 Å². The molecule has 2 aromatic heterocycles. The van der Waals surface area contributed by atoms with Crippen molar-refractivity contribution in [3.05, 3.63) is 57.7 Å². The Hall–Kier alpha value is -1.70. The van der Waals surface area contributed by atoms with Gasteiger partial charge in [0.2, 0.25) is 10.0 Å². The molecule has 0 amide bonds. The first-order chi connectivity index (χ1) is 9.91. The van der Waals surface area contributed by atoms with Gasteiger partial charge in [-0.15, -0.1) is 0 Å². The molecule has 0 aliphatic rings. The molecule has 0 spiro atoms. The first-order valence-electron chi connectivity index (χ1n) is 6.15. The number of H-pyrrole nitrogens is 1. The van der Waals surface area contributed by atoms with Crippen LogP contribution in [0.15, 0.2) is 46.5 Å². The Bertz CT molecular complexity index is 775. The number of nitrogens with zero attached hydrogens (tertiary/aromatic N) is 2. The highest BCUT2D eigenvalue weighted by molar-refractivity contribution is 7.89. The van der Waals surface area contributed by atoms with Crippen molar-refractivity contribution in [1.29, 1.82) is 0 Å². The van der Waals surface area contributed by atoms with Gasteiger partial charge in [0, 0.05) is 32.2 Å². The second-order valence-electron chi connectivity index (χ2n) is 4.44. The van der Waals surface area contributed by atoms with Crippen molar-refractivity contribution in [2.24, 2.45) is 0 Å². The number of aromatic amines is 1. The minimum atomic E-state index is -3.69. The van der Waals surface area contributed by atoms with Crippen LogP contribution < -0.4 is 5.56 Å². The van der Waals surface area contributed by atoms with Crippen molar-refractivity contribution in [2.75, 3.05) is 13.6 Å². The number of hydrogen-bond donors (Lipinski definition) is 1. The van der Waals surface area contributed by atoms with E-state index in [1.807, 2.05) is 12.1 Å². The van der Waals surface area contributed by atoms with Crippen molar-refractivity contribution >= 4 is 21.6 Å². The van der Waals surface area contributed by atoms with Crippen LogP contribution in [0.25, 0.3) is 0 Å². The molecule has 0 aromatic carbocycles. The summed E-state index contributed by atoms with van der Waals surface area (Å²) in [5, 5.41) is -0.154. The molecule has 0 aliphatic carbocycles. The molecule has 6 nitrogen and oxygen atoms in total. The molecule has 0 saturated carbocycles. The predicted molar refractivity (Wildman–Crippen MR) is 79.8 cm³/mol. The van der Waals surface area contributed by atoms with E-state index in [1.165, 1.54) is 11.4 Å². The third kappa shape index (κ3) is 3.69. The topological polar surface area (TPSA) is 83.1 Å². The SMILES string of the molecule is CN(CCc1ccncc1)S(=O)(=O)c1c[nH]c(=O)c(Cl)c1. The van der Waals surface area contributed by atoms with Crippen LogP contribution in [0.1, 0.15) is 5.56 Å². The second-order valence-corrected chi connectivity index (χ2v) is 6.90. The lowest BCUT2D eigenvalue weighted by Gasteiger charge is -2.17. The fraction of sp³-hybridized carbons (Fsp3) is 0.231. The highest BCUT2D eigenvalue weighted by Gasteiger charge is 2.21. The van der Waals surface area contributed by atoms with Crippen molar-refractivity contribution in [3.8, 4) is 0 Å². The summed E-state index contributed by atoms with van der Waals surface area (Å²) in [6.07, 6.45) is 5.03. The summed E-state index contributed by atoms with van der Waals surface area (Å²) in [5.41, 5.74) is 0.474. The smallest absolute Gasteiger partial charge is 0.266 e. The first kappa shape index (κ1) is 15.7. The van der Waals surface area contributed by atoms with Crippen LogP contribution in [-0.4, -0.2) is 36.3 Å². The Morgan fingerprint density at radius 3 is 2.62 bits per heavy atom. The maximum Gasteiger partial charge on any atom is 0.266 e. The van der Waals surface area contributed by atoms with Crippen LogP contribution in [0.2, 0.25) is 5.02 Å². The molecule has 0 atom stereocenters. The maximum atomic E-state index is 12.3. The van der Waals surface area contributed by atoms with Gasteiger partial charge in [-0.2, -0.15) is 0 Å². The summed E-state index contributed by atoms with van der Waals surface area (Å²) in [5.74, 6) is 0. The van der Waals surface area contributed by atoms with Crippen molar-refractivity contribution in [3.63, 3.8) is 0 Å². The minimum Gasteiger partial charge on any atom is -0.326 e. The Labute approximate surface area is 127 Å². The van der Waals surface area contributed by atoms with Gasteiger partial charge in [-0.05, 0) is 30.2 Å². The molecular weight excluding hydrogens is 314 g/mol. The number of hydrogen-bond acceptors (Lipinski definition) is 4. The quantitative estimate of drug-likeness (QED) is 0.897. The van der Waals surface area contributed by atoms with E-state index in [0.29, 0.717) is 13.0 Å². The number of likely N-dealkylation sites (N-methyl/N-ethyl adjacent to an activating group) is 1. The predicted octanol–water partition coefficient (Wildman–Crippen LogP) is 1.29. The van der Waals surface area contributed by atoms with E-state index in [1.54, 1.807) is 12.4 Å². The molecule has 0 unspecified atom stereocenters. The molecular formula is C13H14ClN3O3S. The molecule has 0 saturated heterocycles. The minimum absolute atomic E-state index is 0.0377. The summed E-state index contributed by atoms with van der Waals surface area (Å²) in [6, 6.07) is 4.81. The standard InChI is InChI=1S/C13H14ClN3O3S/c1-17(7-4-10-2-5-15-6-3-10)21(19,20)11-8-12(14)13(18)16-9-11/h2-3,5-6,8-9H,4,7H2,1H3,(H,16,18). The molecule has 2 aromatic rings. The molecule has 1 N–H and O–H groups in total. The summed E-state index contributed by atoms with van der Waals surface area (Å²) in [6.45, 7) is 0.309. The van der Waals surface area contributed by atoms with Crippen LogP contribution in [-0.2, 0) is 16.4 Å². The van der Waals surface area contributed by atoms with Crippen LogP contribution in [0.3, 0.4) is 0 Å². The van der Waals surface area contributed by atoms with E-state index in [2.05, 4.69) is 9.97 Å². The number of pyridine rings is 2. The van der Waals surface area contributed by atoms with Crippen molar-refractivity contribution < 1.29 is 8.42 Å². The monoisotopic (exact) mass is 327 g/mol. The number of aromatic nitrogens is 2. The molecule has 2 rings (SSSR count). The molecule has 2 heterocycles. The lowest BCUT2D eigenvalue weighted by Crippen LogP contribution is -2.29. The van der Waals surface area contributed by atoms with Gasteiger partial charge in [-0.25, -0.2) is 12.7 Å². The Balaban J connectivity index is 2.15. The highest BCUT2D eigenvalue weighted by Crippen LogP contribution is 2.15. The first-order valence-corrected chi connectivity index (χ1v) is 7.96. The van der Waals surface area contributed by atoms with Gasteiger partial charge in [-0.3, -0.25) is 9.78 Å². The highest BCUT2D eigenvalue weighted by atomic mass is 35.5. The fourth-order valence-electron chi connectivity index (χ4n) is 1.72. The number of nitrogens with one attached hydrogen (secondary N) is 1. The van der Waals surface area contributed by atoms with E-state index in [4.69, 9.17) is 11.6 Å². The number of rotatable bonds is 5. The van der Waals surface area contributed by atoms with E-state index in [-0.39, 0.29) is 9.92 Å². The van der Waals surface area contributed by atoms with Gasteiger partial charge in [-0.1, -0.05) is 11.6 Å². The Kier molecular flexibility index (Phi) is 4.76. The lowest BCUT2D eigenvalue weighted by molar-refractivity contribution is 0.472. The van der Waals surface area contributed by atoms with Crippen molar-refractivity contribution in [1.82, 2.24) is 14.3 Å². The van der Waals surface area contributed by atoms with Crippen LogP contribution in [0.4, 0.5) is 0 Å². The van der Waals surface area contributed by atoms with Gasteiger partial charge in [0.1, 0.15) is 5.02 Å². The second kappa shape index (κ2) is 6.38. The Morgan fingerprint density at radius 2 is 2.00 bits per heavy atom. The van der Waals surface area contributed by atoms with Gasteiger partial charge in [0.25, 0.3) is 5.56 Å². The average Bonchev–Trinajstić information content (AvgIpc) is 2.48. The normalized spacial score (nSPS) is 11.8. The summed E-state index contributed by atoms with van der Waals surface area (Å²) in [4.78, 5) is 17.3. The molecule has 0 radical (unpaired) electrons. The molecule has 8 heteroatoms. The lowest BCUT2D eigenvalue weighted by atomic mass is 10.2. The largest absolute Gasteiger partial charge is 0.326 e. The van der Waals surface area contributed by atoms with E-state index in [9.17, 15) is 13.2 Å². The average molecular weight is 328 g/mol. The summed E-state index contributed by atoms with van der Waals surface area (Å²) < 4.78 is 25.9.